The van der Waals surface area contributed by atoms with E-state index >= 15 is 0 Å². The zero-order chi connectivity index (χ0) is 16.4. The Morgan fingerprint density at radius 2 is 2.00 bits per heavy atom. The van der Waals surface area contributed by atoms with E-state index in [9.17, 15) is 0 Å². The quantitative estimate of drug-likeness (QED) is 0.786. The Kier molecular flexibility index (Phi) is 4.21. The van der Waals surface area contributed by atoms with E-state index in [1.54, 1.807) is 14.2 Å². The van der Waals surface area contributed by atoms with Gasteiger partial charge in [0.2, 0.25) is 0 Å². The summed E-state index contributed by atoms with van der Waals surface area (Å²) >= 11 is 0. The Labute approximate surface area is 135 Å². The first-order valence-corrected chi connectivity index (χ1v) is 7.59. The maximum absolute atomic E-state index is 5.93. The van der Waals surface area contributed by atoms with Gasteiger partial charge in [0.05, 0.1) is 25.6 Å². The molecule has 0 bridgehead atoms. The van der Waals surface area contributed by atoms with Gasteiger partial charge < -0.3 is 19.6 Å². The van der Waals surface area contributed by atoms with Crippen molar-refractivity contribution in [3.05, 3.63) is 48.3 Å². The summed E-state index contributed by atoms with van der Waals surface area (Å²) in [5.74, 6) is 1.70. The number of ether oxygens (including phenoxy) is 2. The third-order valence-corrected chi connectivity index (χ3v) is 4.05. The molecule has 0 radical (unpaired) electrons. The molecule has 1 unspecified atom stereocenters. The number of methoxy groups -OCH3 is 2. The average Bonchev–Trinajstić information content (AvgIpc) is 2.99. The molecule has 1 atom stereocenters. The van der Waals surface area contributed by atoms with Gasteiger partial charge in [-0.1, -0.05) is 13.0 Å². The molecule has 5 heteroatoms. The summed E-state index contributed by atoms with van der Waals surface area (Å²) in [4.78, 5) is 4.81. The molecule has 1 aromatic carbocycles. The summed E-state index contributed by atoms with van der Waals surface area (Å²) in [6.45, 7) is 2.65. The first-order chi connectivity index (χ1) is 11.2. The van der Waals surface area contributed by atoms with Crippen molar-refractivity contribution in [2.75, 3.05) is 20.8 Å². The van der Waals surface area contributed by atoms with Crippen molar-refractivity contribution >= 4 is 5.65 Å². The summed E-state index contributed by atoms with van der Waals surface area (Å²) in [6.07, 6.45) is 2.01. The number of nitrogens with two attached hydrogens (primary N) is 1. The number of aromatic nitrogens is 2. The van der Waals surface area contributed by atoms with Crippen LogP contribution >= 0.6 is 0 Å². The number of hydrogen-bond donors (Lipinski definition) is 1. The lowest BCUT2D eigenvalue weighted by atomic mass is 10.0. The van der Waals surface area contributed by atoms with Crippen LogP contribution in [0.5, 0.6) is 11.5 Å². The molecule has 0 amide bonds. The van der Waals surface area contributed by atoms with Gasteiger partial charge in [0.25, 0.3) is 0 Å². The van der Waals surface area contributed by atoms with Crippen LogP contribution in [0.15, 0.2) is 42.6 Å². The van der Waals surface area contributed by atoms with Crippen LogP contribution in [0.2, 0.25) is 0 Å². The van der Waals surface area contributed by atoms with E-state index in [0.717, 1.165) is 34.1 Å². The molecule has 3 aromatic rings. The molecular formula is C18H21N3O2. The van der Waals surface area contributed by atoms with Crippen LogP contribution in [0.1, 0.15) is 18.5 Å². The van der Waals surface area contributed by atoms with E-state index in [0.29, 0.717) is 6.54 Å². The van der Waals surface area contributed by atoms with E-state index in [2.05, 4.69) is 11.3 Å². The van der Waals surface area contributed by atoms with Crippen molar-refractivity contribution in [3.63, 3.8) is 0 Å². The number of hydrogen-bond acceptors (Lipinski definition) is 4. The van der Waals surface area contributed by atoms with Crippen molar-refractivity contribution in [3.8, 4) is 22.8 Å². The number of benzene rings is 1. The highest BCUT2D eigenvalue weighted by Crippen LogP contribution is 2.37. The molecule has 0 aliphatic carbocycles. The van der Waals surface area contributed by atoms with E-state index in [4.69, 9.17) is 20.2 Å². The summed E-state index contributed by atoms with van der Waals surface area (Å²) in [6, 6.07) is 11.7. The Balaban J connectivity index is 2.31. The van der Waals surface area contributed by atoms with E-state index in [-0.39, 0.29) is 5.92 Å². The van der Waals surface area contributed by atoms with Gasteiger partial charge in [0.15, 0.2) is 0 Å². The second kappa shape index (κ2) is 6.30. The molecule has 3 rings (SSSR count). The van der Waals surface area contributed by atoms with Crippen molar-refractivity contribution < 1.29 is 9.47 Å². The van der Waals surface area contributed by atoms with Crippen LogP contribution in [0.3, 0.4) is 0 Å². The molecule has 120 valence electrons. The Morgan fingerprint density at radius 1 is 1.17 bits per heavy atom. The van der Waals surface area contributed by atoms with Crippen LogP contribution in [-0.4, -0.2) is 30.1 Å². The highest BCUT2D eigenvalue weighted by molar-refractivity contribution is 5.74. The van der Waals surface area contributed by atoms with Gasteiger partial charge in [-0.25, -0.2) is 4.98 Å². The highest BCUT2D eigenvalue weighted by atomic mass is 16.5. The molecule has 2 N–H and O–H groups in total. The topological polar surface area (TPSA) is 61.8 Å². The van der Waals surface area contributed by atoms with E-state index in [1.807, 2.05) is 42.6 Å². The Hall–Kier alpha value is -2.53. The summed E-state index contributed by atoms with van der Waals surface area (Å²) in [5.41, 5.74) is 9.69. The minimum atomic E-state index is 0.165. The number of pyridine rings is 1. The van der Waals surface area contributed by atoms with Crippen LogP contribution in [0.4, 0.5) is 0 Å². The molecule has 2 heterocycles. The molecule has 23 heavy (non-hydrogen) atoms. The molecule has 0 saturated heterocycles. The van der Waals surface area contributed by atoms with Gasteiger partial charge in [0, 0.05) is 24.2 Å². The largest absolute Gasteiger partial charge is 0.497 e. The maximum atomic E-state index is 5.93. The maximum Gasteiger partial charge on any atom is 0.137 e. The predicted octanol–water partition coefficient (Wildman–Crippen LogP) is 3.08. The highest BCUT2D eigenvalue weighted by Gasteiger charge is 2.21. The third-order valence-electron chi connectivity index (χ3n) is 4.05. The van der Waals surface area contributed by atoms with E-state index < -0.39 is 0 Å². The normalized spacial score (nSPS) is 12.3. The van der Waals surface area contributed by atoms with Crippen LogP contribution < -0.4 is 15.2 Å². The lowest BCUT2D eigenvalue weighted by molar-refractivity contribution is 0.404. The van der Waals surface area contributed by atoms with Gasteiger partial charge in [-0.2, -0.15) is 0 Å². The first kappa shape index (κ1) is 15.4. The number of fused-ring (bicyclic) bond motifs is 1. The van der Waals surface area contributed by atoms with Crippen LogP contribution in [-0.2, 0) is 0 Å². The molecule has 0 aliphatic heterocycles. The SMILES string of the molecule is COc1ccc(OC)c(-c2nc3ccccn3c2C(C)CN)c1. The van der Waals surface area contributed by atoms with Gasteiger partial charge in [-0.15, -0.1) is 0 Å². The molecular weight excluding hydrogens is 290 g/mol. The predicted molar refractivity (Wildman–Crippen MR) is 91.2 cm³/mol. The van der Waals surface area contributed by atoms with Crippen LogP contribution in [0, 0.1) is 0 Å². The van der Waals surface area contributed by atoms with E-state index in [1.165, 1.54) is 0 Å². The smallest absolute Gasteiger partial charge is 0.137 e. The second-order valence-corrected chi connectivity index (χ2v) is 5.48. The van der Waals surface area contributed by atoms with Crippen molar-refractivity contribution in [1.82, 2.24) is 9.38 Å². The first-order valence-electron chi connectivity index (χ1n) is 7.59. The Morgan fingerprint density at radius 3 is 2.70 bits per heavy atom. The van der Waals surface area contributed by atoms with Crippen molar-refractivity contribution in [2.45, 2.75) is 12.8 Å². The molecule has 0 fully saturated rings. The fraction of sp³-hybridized carbons (Fsp3) is 0.278. The number of imidazole rings is 1. The summed E-state index contributed by atoms with van der Waals surface area (Å²) < 4.78 is 13.0. The van der Waals surface area contributed by atoms with Gasteiger partial charge in [-0.05, 0) is 30.3 Å². The van der Waals surface area contributed by atoms with Crippen molar-refractivity contribution in [1.29, 1.82) is 0 Å². The van der Waals surface area contributed by atoms with Gasteiger partial charge in [0.1, 0.15) is 17.1 Å². The monoisotopic (exact) mass is 311 g/mol. The van der Waals surface area contributed by atoms with Crippen LogP contribution in [0.25, 0.3) is 16.9 Å². The standard InChI is InChI=1S/C18H21N3O2/c1-12(11-19)18-17(20-16-6-4-5-9-21(16)18)14-10-13(22-2)7-8-15(14)23-3/h4-10,12H,11,19H2,1-3H3. The van der Waals surface area contributed by atoms with Crippen molar-refractivity contribution in [2.24, 2.45) is 5.73 Å². The lowest BCUT2D eigenvalue weighted by Gasteiger charge is -2.14. The molecule has 0 spiro atoms. The van der Waals surface area contributed by atoms with Gasteiger partial charge >= 0.3 is 0 Å². The fourth-order valence-electron chi connectivity index (χ4n) is 2.79. The molecule has 2 aromatic heterocycles. The zero-order valence-corrected chi connectivity index (χ0v) is 13.6. The molecule has 0 aliphatic rings. The Bertz CT molecular complexity index is 826. The lowest BCUT2D eigenvalue weighted by Crippen LogP contribution is -2.12. The fourth-order valence-corrected chi connectivity index (χ4v) is 2.79. The summed E-state index contributed by atoms with van der Waals surface area (Å²) in [5, 5.41) is 0. The summed E-state index contributed by atoms with van der Waals surface area (Å²) in [7, 11) is 3.31. The van der Waals surface area contributed by atoms with Gasteiger partial charge in [-0.3, -0.25) is 0 Å². The minimum absolute atomic E-state index is 0.165. The molecule has 5 nitrogen and oxygen atoms in total. The number of rotatable bonds is 5. The second-order valence-electron chi connectivity index (χ2n) is 5.48. The minimum Gasteiger partial charge on any atom is -0.497 e. The number of nitrogens with zero attached hydrogens (tertiary/aromatic N) is 2. The third kappa shape index (κ3) is 2.64. The zero-order valence-electron chi connectivity index (χ0n) is 13.6. The molecule has 0 saturated carbocycles. The average molecular weight is 311 g/mol.